The lowest BCUT2D eigenvalue weighted by Gasteiger charge is -2.35. The van der Waals surface area contributed by atoms with Gasteiger partial charge in [0.05, 0.1) is 37.0 Å². The van der Waals surface area contributed by atoms with E-state index in [1.807, 2.05) is 17.0 Å². The lowest BCUT2D eigenvalue weighted by molar-refractivity contribution is -0.136. The van der Waals surface area contributed by atoms with E-state index in [1.165, 1.54) is 0 Å². The maximum absolute atomic E-state index is 13.3. The summed E-state index contributed by atoms with van der Waals surface area (Å²) in [6.45, 7) is 1.66. The number of nitrogens with zero attached hydrogens (tertiary/aromatic N) is 4. The van der Waals surface area contributed by atoms with Crippen LogP contribution in [0.1, 0.15) is 17.7 Å². The molecule has 3 aromatic rings. The van der Waals surface area contributed by atoms with Crippen molar-refractivity contribution in [1.29, 1.82) is 0 Å². The van der Waals surface area contributed by atoms with Crippen molar-refractivity contribution >= 4 is 34.4 Å². The molecule has 3 heterocycles. The first-order valence-corrected chi connectivity index (χ1v) is 10.1. The lowest BCUT2D eigenvalue weighted by atomic mass is 9.99. The number of carboxylic acids is 1. The van der Waals surface area contributed by atoms with Crippen LogP contribution in [0.5, 0.6) is 0 Å². The normalized spacial score (nSPS) is 15.9. The van der Waals surface area contributed by atoms with Crippen LogP contribution in [0.4, 0.5) is 10.3 Å². The average Bonchev–Trinajstić information content (AvgIpc) is 3.01. The molecule has 158 valence electrons. The second-order valence-corrected chi connectivity index (χ2v) is 7.78. The number of halogens is 2. The van der Waals surface area contributed by atoms with Gasteiger partial charge in [-0.1, -0.05) is 17.7 Å². The molecule has 0 radical (unpaired) electrons. The average molecular weight is 433 g/mol. The van der Waals surface area contributed by atoms with Crippen molar-refractivity contribution in [3.05, 3.63) is 52.7 Å². The van der Waals surface area contributed by atoms with Crippen LogP contribution in [0.15, 0.2) is 30.6 Å². The van der Waals surface area contributed by atoms with Gasteiger partial charge in [-0.2, -0.15) is 0 Å². The maximum atomic E-state index is 13.3. The Kier molecular flexibility index (Phi) is 5.87. The van der Waals surface area contributed by atoms with Crippen LogP contribution in [0.25, 0.3) is 10.9 Å². The van der Waals surface area contributed by atoms with Gasteiger partial charge in [-0.3, -0.25) is 4.79 Å². The summed E-state index contributed by atoms with van der Waals surface area (Å²) in [7, 11) is 1.63. The van der Waals surface area contributed by atoms with Gasteiger partial charge in [0.1, 0.15) is 0 Å². The molecule has 1 aromatic carbocycles. The summed E-state index contributed by atoms with van der Waals surface area (Å²) >= 11 is 6.24. The van der Waals surface area contributed by atoms with Crippen LogP contribution in [0.2, 0.25) is 5.02 Å². The summed E-state index contributed by atoms with van der Waals surface area (Å²) in [6.07, 6.45) is 3.79. The highest BCUT2D eigenvalue weighted by Crippen LogP contribution is 2.34. The van der Waals surface area contributed by atoms with Crippen LogP contribution in [0, 0.1) is 5.82 Å². The second-order valence-electron chi connectivity index (χ2n) is 7.35. The van der Waals surface area contributed by atoms with E-state index in [-0.39, 0.29) is 12.5 Å². The number of fused-ring (bicyclic) bond motifs is 3. The van der Waals surface area contributed by atoms with E-state index in [2.05, 4.69) is 14.5 Å². The van der Waals surface area contributed by atoms with E-state index in [0.717, 1.165) is 41.0 Å². The quantitative estimate of drug-likeness (QED) is 0.617. The van der Waals surface area contributed by atoms with E-state index in [0.29, 0.717) is 37.1 Å². The summed E-state index contributed by atoms with van der Waals surface area (Å²) in [5.74, 6) is -0.897. The number of anilines is 1. The molecule has 0 spiro atoms. The maximum Gasteiger partial charge on any atom is 0.307 e. The molecule has 1 N–H and O–H groups in total. The molecule has 0 amide bonds. The Morgan fingerprint density at radius 2 is 2.17 bits per heavy atom. The molecule has 1 unspecified atom stereocenters. The molecular formula is C21H22ClFN4O3. The first-order chi connectivity index (χ1) is 14.5. The zero-order valence-corrected chi connectivity index (χ0v) is 17.3. The molecule has 2 aromatic heterocycles. The standard InChI is InChI=1S/C21H22ClFN4O3/c1-30-7-6-26(21-24-10-14(23)11-25-21)15-3-5-18-17(9-20(28)29)16-4-2-13(22)8-19(16)27(18)12-15/h2,4,8,10-11,15H,3,5-7,9,12H2,1H3,(H,28,29). The molecular weight excluding hydrogens is 411 g/mol. The van der Waals surface area contributed by atoms with Crippen molar-refractivity contribution < 1.29 is 19.0 Å². The SMILES string of the molecule is COCCN(c1ncc(F)cn1)C1CCc2c(CC(=O)O)c3ccc(Cl)cc3n2C1. The van der Waals surface area contributed by atoms with Gasteiger partial charge >= 0.3 is 5.97 Å². The molecule has 9 heteroatoms. The Morgan fingerprint density at radius 3 is 2.87 bits per heavy atom. The number of hydrogen-bond acceptors (Lipinski definition) is 5. The minimum Gasteiger partial charge on any atom is -0.481 e. The van der Waals surface area contributed by atoms with Crippen LogP contribution in [-0.4, -0.2) is 51.9 Å². The zero-order valence-electron chi connectivity index (χ0n) is 16.5. The fraction of sp³-hybridized carbons (Fsp3) is 0.381. The van der Waals surface area contributed by atoms with Gasteiger partial charge in [0.2, 0.25) is 5.95 Å². The number of carbonyl (C=O) groups is 1. The van der Waals surface area contributed by atoms with Crippen molar-refractivity contribution in [1.82, 2.24) is 14.5 Å². The molecule has 30 heavy (non-hydrogen) atoms. The van der Waals surface area contributed by atoms with Gasteiger partial charge in [0.25, 0.3) is 0 Å². The second kappa shape index (κ2) is 8.57. The predicted molar refractivity (Wildman–Crippen MR) is 112 cm³/mol. The smallest absolute Gasteiger partial charge is 0.307 e. The summed E-state index contributed by atoms with van der Waals surface area (Å²) in [6, 6.07) is 5.60. The van der Waals surface area contributed by atoms with Crippen molar-refractivity contribution in [2.45, 2.75) is 31.8 Å². The van der Waals surface area contributed by atoms with E-state index >= 15 is 0 Å². The van der Waals surface area contributed by atoms with Crippen molar-refractivity contribution in [2.75, 3.05) is 25.2 Å². The fourth-order valence-corrected chi connectivity index (χ4v) is 4.41. The third-order valence-corrected chi connectivity index (χ3v) is 5.76. The van der Waals surface area contributed by atoms with Crippen LogP contribution in [0.3, 0.4) is 0 Å². The Labute approximate surface area is 178 Å². The number of benzene rings is 1. The van der Waals surface area contributed by atoms with E-state index < -0.39 is 11.8 Å². The summed E-state index contributed by atoms with van der Waals surface area (Å²) < 4.78 is 20.7. The summed E-state index contributed by atoms with van der Waals surface area (Å²) in [5, 5.41) is 10.9. The third kappa shape index (κ3) is 3.97. The topological polar surface area (TPSA) is 80.5 Å². The van der Waals surface area contributed by atoms with Gasteiger partial charge in [0.15, 0.2) is 5.82 Å². The number of ether oxygens (including phenoxy) is 1. The van der Waals surface area contributed by atoms with Gasteiger partial charge in [-0.05, 0) is 30.5 Å². The van der Waals surface area contributed by atoms with Crippen molar-refractivity contribution in [3.8, 4) is 0 Å². The Bertz CT molecular complexity index is 1070. The number of aromatic nitrogens is 3. The van der Waals surface area contributed by atoms with Crippen molar-refractivity contribution in [2.24, 2.45) is 0 Å². The third-order valence-electron chi connectivity index (χ3n) is 5.53. The van der Waals surface area contributed by atoms with Crippen LogP contribution in [-0.2, 0) is 28.9 Å². The molecule has 1 atom stereocenters. The number of hydrogen-bond donors (Lipinski definition) is 1. The van der Waals surface area contributed by atoms with Gasteiger partial charge in [-0.25, -0.2) is 14.4 Å². The molecule has 1 aliphatic heterocycles. The Balaban J connectivity index is 1.73. The Hall–Kier alpha value is -2.71. The minimum atomic E-state index is -0.858. The first kappa shape index (κ1) is 20.6. The van der Waals surface area contributed by atoms with Crippen molar-refractivity contribution in [3.63, 3.8) is 0 Å². The molecule has 0 bridgehead atoms. The largest absolute Gasteiger partial charge is 0.481 e. The minimum absolute atomic E-state index is 0.0282. The number of methoxy groups -OCH3 is 1. The molecule has 0 fully saturated rings. The van der Waals surface area contributed by atoms with E-state index in [9.17, 15) is 14.3 Å². The molecule has 7 nitrogen and oxygen atoms in total. The monoisotopic (exact) mass is 432 g/mol. The fourth-order valence-electron chi connectivity index (χ4n) is 4.24. The lowest BCUT2D eigenvalue weighted by Crippen LogP contribution is -2.44. The predicted octanol–water partition coefficient (Wildman–Crippen LogP) is 3.32. The number of carboxylic acid groups (broad SMARTS) is 1. The molecule has 0 saturated carbocycles. The van der Waals surface area contributed by atoms with Gasteiger partial charge < -0.3 is 19.3 Å². The van der Waals surface area contributed by atoms with E-state index in [1.54, 1.807) is 13.2 Å². The highest BCUT2D eigenvalue weighted by molar-refractivity contribution is 6.31. The highest BCUT2D eigenvalue weighted by Gasteiger charge is 2.30. The van der Waals surface area contributed by atoms with Crippen LogP contribution < -0.4 is 4.90 Å². The number of aliphatic carboxylic acids is 1. The summed E-state index contributed by atoms with van der Waals surface area (Å²) in [5.41, 5.74) is 2.79. The first-order valence-electron chi connectivity index (χ1n) is 9.72. The molecule has 1 aliphatic rings. The van der Waals surface area contributed by atoms with Crippen LogP contribution >= 0.6 is 11.6 Å². The number of rotatable bonds is 7. The van der Waals surface area contributed by atoms with Gasteiger partial charge in [-0.15, -0.1) is 0 Å². The molecule has 0 aliphatic carbocycles. The molecule has 0 saturated heterocycles. The highest BCUT2D eigenvalue weighted by atomic mass is 35.5. The molecule has 4 rings (SSSR count). The van der Waals surface area contributed by atoms with Gasteiger partial charge in [0, 0.05) is 36.3 Å². The van der Waals surface area contributed by atoms with E-state index in [4.69, 9.17) is 16.3 Å². The summed E-state index contributed by atoms with van der Waals surface area (Å²) in [4.78, 5) is 21.8. The Morgan fingerprint density at radius 1 is 1.40 bits per heavy atom. The zero-order chi connectivity index (χ0) is 21.3.